The van der Waals surface area contributed by atoms with Gasteiger partial charge in [0, 0.05) is 12.1 Å². The lowest BCUT2D eigenvalue weighted by Crippen LogP contribution is -2.36. The van der Waals surface area contributed by atoms with E-state index in [-0.39, 0.29) is 23.5 Å². The molecule has 0 N–H and O–H groups in total. The zero-order chi connectivity index (χ0) is 15.7. The van der Waals surface area contributed by atoms with E-state index in [0.717, 1.165) is 18.4 Å². The topological polar surface area (TPSA) is 55.6 Å². The van der Waals surface area contributed by atoms with Gasteiger partial charge in [-0.3, -0.25) is 4.79 Å². The van der Waals surface area contributed by atoms with E-state index in [4.69, 9.17) is 9.15 Å². The van der Waals surface area contributed by atoms with Crippen molar-refractivity contribution in [3.63, 3.8) is 0 Å². The molecule has 3 rings (SSSR count). The minimum atomic E-state index is -0.311. The first-order chi connectivity index (χ1) is 10.6. The molecule has 1 aromatic carbocycles. The number of oxazole rings is 1. The zero-order valence-corrected chi connectivity index (χ0v) is 12.6. The highest BCUT2D eigenvalue weighted by molar-refractivity contribution is 6.05. The van der Waals surface area contributed by atoms with Crippen molar-refractivity contribution in [3.8, 4) is 6.08 Å². The predicted octanol–water partition coefficient (Wildman–Crippen LogP) is 3.11. The van der Waals surface area contributed by atoms with Crippen LogP contribution in [-0.4, -0.2) is 24.0 Å². The molecule has 0 spiro atoms. The molecule has 0 radical (unpaired) electrons. The minimum absolute atomic E-state index is 0.0686. The molecule has 0 saturated carbocycles. The molecular weight excluding hydrogens is 287 g/mol. The van der Waals surface area contributed by atoms with Crippen molar-refractivity contribution in [2.75, 3.05) is 18.1 Å². The molecule has 6 heteroatoms. The maximum Gasteiger partial charge on any atom is 0.394 e. The standard InChI is InChI=1S/C16H17FN2O3/c1-3-21-16-18-13(9-22-16)15(20)19-8-4-5-11-6-7-12(17)10(2)14(11)19/h6-7,9H,3-5,8H2,1-2H3. The van der Waals surface area contributed by atoms with Crippen LogP contribution in [0.4, 0.5) is 10.1 Å². The molecule has 0 saturated heterocycles. The molecule has 0 fully saturated rings. The maximum absolute atomic E-state index is 13.9. The number of benzene rings is 1. The van der Waals surface area contributed by atoms with Crippen LogP contribution in [0, 0.1) is 12.7 Å². The maximum atomic E-state index is 13.9. The first-order valence-electron chi connectivity index (χ1n) is 7.30. The molecule has 2 aromatic rings. The van der Waals surface area contributed by atoms with Crippen molar-refractivity contribution in [2.45, 2.75) is 26.7 Å². The van der Waals surface area contributed by atoms with Gasteiger partial charge in [-0.15, -0.1) is 0 Å². The number of carbonyl (C=O) groups is 1. The summed E-state index contributed by atoms with van der Waals surface area (Å²) in [7, 11) is 0. The van der Waals surface area contributed by atoms with Gasteiger partial charge in [0.25, 0.3) is 5.91 Å². The number of hydrogen-bond donors (Lipinski definition) is 0. The highest BCUT2D eigenvalue weighted by Gasteiger charge is 2.28. The summed E-state index contributed by atoms with van der Waals surface area (Å²) in [5.74, 6) is -0.613. The largest absolute Gasteiger partial charge is 0.450 e. The second-order valence-corrected chi connectivity index (χ2v) is 5.17. The number of amides is 1. The molecular formula is C16H17FN2O3. The van der Waals surface area contributed by atoms with Gasteiger partial charge in [0.2, 0.25) is 0 Å². The van der Waals surface area contributed by atoms with Crippen LogP contribution in [0.1, 0.15) is 35.0 Å². The van der Waals surface area contributed by atoms with Crippen LogP contribution in [0.2, 0.25) is 0 Å². The number of anilines is 1. The summed E-state index contributed by atoms with van der Waals surface area (Å²) < 4.78 is 24.1. The van der Waals surface area contributed by atoms with Gasteiger partial charge in [-0.25, -0.2) is 4.39 Å². The van der Waals surface area contributed by atoms with E-state index in [9.17, 15) is 9.18 Å². The summed E-state index contributed by atoms with van der Waals surface area (Å²) in [5.41, 5.74) is 2.28. The van der Waals surface area contributed by atoms with Gasteiger partial charge in [0.15, 0.2) is 5.69 Å². The second kappa shape index (κ2) is 5.79. The number of halogens is 1. The van der Waals surface area contributed by atoms with Crippen LogP contribution in [0.25, 0.3) is 0 Å². The molecule has 1 amide bonds. The van der Waals surface area contributed by atoms with Crippen molar-refractivity contribution in [1.82, 2.24) is 4.98 Å². The van der Waals surface area contributed by atoms with Crippen LogP contribution >= 0.6 is 0 Å². The molecule has 0 bridgehead atoms. The molecule has 1 aliphatic heterocycles. The Bertz CT molecular complexity index is 711. The number of fused-ring (bicyclic) bond motifs is 1. The van der Waals surface area contributed by atoms with Crippen molar-refractivity contribution >= 4 is 11.6 Å². The number of aromatic nitrogens is 1. The number of hydrogen-bond acceptors (Lipinski definition) is 4. The Hall–Kier alpha value is -2.37. The van der Waals surface area contributed by atoms with Crippen LogP contribution in [0.15, 0.2) is 22.8 Å². The molecule has 116 valence electrons. The molecule has 2 heterocycles. The lowest BCUT2D eigenvalue weighted by Gasteiger charge is -2.30. The molecule has 5 nitrogen and oxygen atoms in total. The Morgan fingerprint density at radius 1 is 1.50 bits per heavy atom. The summed E-state index contributed by atoms with van der Waals surface area (Å²) in [6.07, 6.45) is 3.01. The van der Waals surface area contributed by atoms with E-state index in [1.165, 1.54) is 12.3 Å². The molecule has 0 aliphatic carbocycles. The van der Waals surface area contributed by atoms with E-state index in [1.807, 2.05) is 0 Å². The Morgan fingerprint density at radius 3 is 3.09 bits per heavy atom. The van der Waals surface area contributed by atoms with E-state index in [2.05, 4.69) is 4.98 Å². The minimum Gasteiger partial charge on any atom is -0.450 e. The highest BCUT2D eigenvalue weighted by Crippen LogP contribution is 2.33. The van der Waals surface area contributed by atoms with E-state index in [1.54, 1.807) is 24.8 Å². The monoisotopic (exact) mass is 304 g/mol. The summed E-state index contributed by atoms with van der Waals surface area (Å²) in [6.45, 7) is 4.44. The van der Waals surface area contributed by atoms with Gasteiger partial charge in [-0.1, -0.05) is 6.07 Å². The summed E-state index contributed by atoms with van der Waals surface area (Å²) >= 11 is 0. The van der Waals surface area contributed by atoms with E-state index in [0.29, 0.717) is 24.4 Å². The van der Waals surface area contributed by atoms with Crippen LogP contribution in [-0.2, 0) is 6.42 Å². The molecule has 1 aliphatic rings. The highest BCUT2D eigenvalue weighted by atomic mass is 19.1. The third kappa shape index (κ3) is 2.45. The zero-order valence-electron chi connectivity index (χ0n) is 12.6. The smallest absolute Gasteiger partial charge is 0.394 e. The summed E-state index contributed by atoms with van der Waals surface area (Å²) in [5, 5.41) is 0. The molecule has 0 atom stereocenters. The Labute approximate surface area is 127 Å². The van der Waals surface area contributed by atoms with Gasteiger partial charge in [0.05, 0.1) is 12.3 Å². The Kier molecular flexibility index (Phi) is 3.83. The quantitative estimate of drug-likeness (QED) is 0.874. The summed E-state index contributed by atoms with van der Waals surface area (Å²) in [6, 6.07) is 3.19. The Balaban J connectivity index is 1.96. The third-order valence-electron chi connectivity index (χ3n) is 3.76. The number of carbonyl (C=O) groups excluding carboxylic acids is 1. The van der Waals surface area contributed by atoms with Crippen molar-refractivity contribution in [1.29, 1.82) is 0 Å². The van der Waals surface area contributed by atoms with Gasteiger partial charge >= 0.3 is 6.08 Å². The van der Waals surface area contributed by atoms with E-state index < -0.39 is 0 Å². The van der Waals surface area contributed by atoms with Gasteiger partial charge in [0.1, 0.15) is 12.1 Å². The van der Waals surface area contributed by atoms with Crippen molar-refractivity contribution in [2.24, 2.45) is 0 Å². The average molecular weight is 304 g/mol. The van der Waals surface area contributed by atoms with Crippen LogP contribution in [0.3, 0.4) is 0 Å². The average Bonchev–Trinajstić information content (AvgIpc) is 2.99. The van der Waals surface area contributed by atoms with Crippen LogP contribution in [0.5, 0.6) is 6.08 Å². The molecule has 1 aromatic heterocycles. The normalized spacial score (nSPS) is 13.9. The fourth-order valence-corrected chi connectivity index (χ4v) is 2.74. The summed E-state index contributed by atoms with van der Waals surface area (Å²) in [4.78, 5) is 18.3. The Morgan fingerprint density at radius 2 is 2.32 bits per heavy atom. The number of ether oxygens (including phenoxy) is 1. The van der Waals surface area contributed by atoms with Gasteiger partial charge < -0.3 is 14.1 Å². The third-order valence-corrected chi connectivity index (χ3v) is 3.76. The van der Waals surface area contributed by atoms with Crippen molar-refractivity contribution in [3.05, 3.63) is 41.0 Å². The number of rotatable bonds is 3. The fraction of sp³-hybridized carbons (Fsp3) is 0.375. The first kappa shape index (κ1) is 14.6. The number of aryl methyl sites for hydroxylation is 1. The van der Waals surface area contributed by atoms with Gasteiger partial charge in [-0.05, 0) is 38.3 Å². The second-order valence-electron chi connectivity index (χ2n) is 5.17. The first-order valence-corrected chi connectivity index (χ1v) is 7.30. The fourth-order valence-electron chi connectivity index (χ4n) is 2.74. The van der Waals surface area contributed by atoms with Crippen molar-refractivity contribution < 1.29 is 18.3 Å². The molecule has 22 heavy (non-hydrogen) atoms. The SMILES string of the molecule is CCOc1nc(C(=O)N2CCCc3ccc(F)c(C)c32)co1. The number of nitrogens with zero attached hydrogens (tertiary/aromatic N) is 2. The van der Waals surface area contributed by atoms with Gasteiger partial charge in [-0.2, -0.15) is 4.98 Å². The van der Waals surface area contributed by atoms with Crippen LogP contribution < -0.4 is 9.64 Å². The molecule has 0 unspecified atom stereocenters. The predicted molar refractivity (Wildman–Crippen MR) is 78.8 cm³/mol. The van der Waals surface area contributed by atoms with E-state index >= 15 is 0 Å². The lowest BCUT2D eigenvalue weighted by atomic mass is 9.97. The lowest BCUT2D eigenvalue weighted by molar-refractivity contribution is 0.0979.